The molecule has 2 aromatic carbocycles. The lowest BCUT2D eigenvalue weighted by Crippen LogP contribution is -2.38. The molecule has 7 nitrogen and oxygen atoms in total. The fourth-order valence-corrected chi connectivity index (χ4v) is 5.43. The molecule has 5 rings (SSSR count). The number of piperidine rings is 1. The van der Waals surface area contributed by atoms with E-state index in [9.17, 15) is 9.18 Å². The van der Waals surface area contributed by atoms with E-state index in [2.05, 4.69) is 46.3 Å². The molecule has 1 N–H and O–H groups in total. The van der Waals surface area contributed by atoms with E-state index in [0.29, 0.717) is 17.3 Å². The average Bonchev–Trinajstić information content (AvgIpc) is 2.91. The van der Waals surface area contributed by atoms with Crippen molar-refractivity contribution in [2.24, 2.45) is 0 Å². The number of nitrogens with zero attached hydrogens (tertiary/aromatic N) is 4. The van der Waals surface area contributed by atoms with E-state index in [1.807, 2.05) is 6.92 Å². The number of anilines is 3. The maximum Gasteiger partial charge on any atom is 0.304 e. The summed E-state index contributed by atoms with van der Waals surface area (Å²) >= 11 is 0. The second-order valence-corrected chi connectivity index (χ2v) is 9.89. The van der Waals surface area contributed by atoms with Gasteiger partial charge < -0.3 is 15.0 Å². The number of carbonyl (C=O) groups is 1. The van der Waals surface area contributed by atoms with Crippen molar-refractivity contribution in [1.82, 2.24) is 14.9 Å². The third-order valence-corrected chi connectivity index (χ3v) is 7.36. The Morgan fingerprint density at radius 2 is 1.72 bits per heavy atom. The van der Waals surface area contributed by atoms with Crippen molar-refractivity contribution < 1.29 is 13.9 Å². The fraction of sp³-hybridized carbons (Fsp3) is 0.414. The van der Waals surface area contributed by atoms with Gasteiger partial charge in [-0.2, -0.15) is 4.98 Å². The van der Waals surface area contributed by atoms with E-state index < -0.39 is 6.23 Å². The van der Waals surface area contributed by atoms with Gasteiger partial charge in [0.25, 0.3) is 0 Å². The third kappa shape index (κ3) is 6.80. The predicted octanol–water partition coefficient (Wildman–Crippen LogP) is 6.68. The lowest BCUT2D eigenvalue weighted by molar-refractivity contribution is -0.159. The molecule has 0 aliphatic carbocycles. The highest BCUT2D eigenvalue weighted by molar-refractivity contribution is 5.85. The molecule has 2 aliphatic rings. The summed E-state index contributed by atoms with van der Waals surface area (Å²) < 4.78 is 19.4. The van der Waals surface area contributed by atoms with Gasteiger partial charge in [-0.15, -0.1) is 24.8 Å². The van der Waals surface area contributed by atoms with E-state index in [0.717, 1.165) is 50.3 Å². The number of halogens is 3. The summed E-state index contributed by atoms with van der Waals surface area (Å²) in [4.78, 5) is 26.5. The van der Waals surface area contributed by atoms with Crippen molar-refractivity contribution in [1.29, 1.82) is 0 Å². The number of esters is 1. The first-order valence-corrected chi connectivity index (χ1v) is 13.1. The minimum atomic E-state index is -0.597. The average molecular weight is 577 g/mol. The number of aromatic nitrogens is 2. The Hall–Kier alpha value is -2.94. The minimum Gasteiger partial charge on any atom is -0.440 e. The van der Waals surface area contributed by atoms with Gasteiger partial charge in [-0.05, 0) is 68.5 Å². The molecular weight excluding hydrogens is 540 g/mol. The Morgan fingerprint density at radius 1 is 1.03 bits per heavy atom. The van der Waals surface area contributed by atoms with Gasteiger partial charge >= 0.3 is 5.97 Å². The monoisotopic (exact) mass is 575 g/mol. The number of hydrogen-bond acceptors (Lipinski definition) is 7. The van der Waals surface area contributed by atoms with Crippen LogP contribution in [0.2, 0.25) is 0 Å². The lowest BCUT2D eigenvalue weighted by Gasteiger charge is -2.38. The molecule has 3 heterocycles. The van der Waals surface area contributed by atoms with Crippen LogP contribution in [0, 0.1) is 12.7 Å². The zero-order valence-corrected chi connectivity index (χ0v) is 24.2. The molecule has 0 saturated carbocycles. The number of likely N-dealkylation sites (tertiary alicyclic amines) is 1. The lowest BCUT2D eigenvalue weighted by atomic mass is 9.93. The molecule has 210 valence electrons. The zero-order chi connectivity index (χ0) is 25.9. The summed E-state index contributed by atoms with van der Waals surface area (Å²) in [5.41, 5.74) is 4.90. The van der Waals surface area contributed by atoms with Crippen LogP contribution < -0.4 is 10.2 Å². The van der Waals surface area contributed by atoms with E-state index in [1.54, 1.807) is 12.1 Å². The molecule has 0 bridgehead atoms. The quantitative estimate of drug-likeness (QED) is 0.328. The summed E-state index contributed by atoms with van der Waals surface area (Å²) in [6, 6.07) is 14.8. The number of ether oxygens (including phenoxy) is 1. The van der Waals surface area contributed by atoms with E-state index in [-0.39, 0.29) is 42.6 Å². The van der Waals surface area contributed by atoms with Crippen molar-refractivity contribution in [2.45, 2.75) is 58.7 Å². The highest BCUT2D eigenvalue weighted by Gasteiger charge is 2.33. The first-order chi connectivity index (χ1) is 17.9. The Morgan fingerprint density at radius 3 is 2.41 bits per heavy atom. The number of rotatable bonds is 6. The zero-order valence-electron chi connectivity index (χ0n) is 22.5. The van der Waals surface area contributed by atoms with Gasteiger partial charge in [0.05, 0.1) is 6.04 Å². The highest BCUT2D eigenvalue weighted by atomic mass is 35.5. The SMILES string of the molecule is CC(=O)OC(c1nc(Nc2ccc(F)cc2)nc(N2CCc3ccccc3C2C)c1C)N1CCCCC1.Cl.Cl. The molecule has 1 aromatic heterocycles. The van der Waals surface area contributed by atoms with Crippen LogP contribution in [0.25, 0.3) is 0 Å². The van der Waals surface area contributed by atoms with Crippen molar-refractivity contribution in [3.63, 3.8) is 0 Å². The van der Waals surface area contributed by atoms with Crippen LogP contribution in [0.1, 0.15) is 67.8 Å². The molecule has 2 unspecified atom stereocenters. The second-order valence-electron chi connectivity index (χ2n) is 9.89. The van der Waals surface area contributed by atoms with Gasteiger partial charge in [0.2, 0.25) is 5.95 Å². The molecule has 3 aromatic rings. The molecular formula is C29H36Cl2FN5O2. The standard InChI is InChI=1S/C29H34FN5O2.2ClH/c1-19-26(28(37-21(3)36)34-16-7-4-8-17-34)32-29(31-24-13-11-23(30)12-14-24)33-27(19)35-18-15-22-9-5-6-10-25(22)20(35)2;;/h5-6,9-14,20,28H,4,7-8,15-18H2,1-3H3,(H,31,32,33);2*1H. The van der Waals surface area contributed by atoms with Gasteiger partial charge in [-0.25, -0.2) is 9.37 Å². The van der Waals surface area contributed by atoms with Crippen LogP contribution in [0.15, 0.2) is 48.5 Å². The molecule has 10 heteroatoms. The molecule has 39 heavy (non-hydrogen) atoms. The Kier molecular flexibility index (Phi) is 10.5. The molecule has 2 aliphatic heterocycles. The van der Waals surface area contributed by atoms with Crippen LogP contribution in [-0.4, -0.2) is 40.5 Å². The van der Waals surface area contributed by atoms with Gasteiger partial charge in [0, 0.05) is 37.8 Å². The maximum atomic E-state index is 13.5. The van der Waals surface area contributed by atoms with E-state index in [1.165, 1.54) is 36.6 Å². The highest BCUT2D eigenvalue weighted by Crippen LogP contribution is 2.38. The Labute approximate surface area is 242 Å². The van der Waals surface area contributed by atoms with Crippen LogP contribution in [0.5, 0.6) is 0 Å². The maximum absolute atomic E-state index is 13.5. The third-order valence-electron chi connectivity index (χ3n) is 7.36. The van der Waals surface area contributed by atoms with Crippen molar-refractivity contribution in [3.05, 3.63) is 76.7 Å². The molecule has 0 radical (unpaired) electrons. The number of nitrogens with one attached hydrogen (secondary N) is 1. The summed E-state index contributed by atoms with van der Waals surface area (Å²) in [6.07, 6.45) is 3.59. The second kappa shape index (κ2) is 13.4. The summed E-state index contributed by atoms with van der Waals surface area (Å²) in [5.74, 6) is 0.550. The van der Waals surface area contributed by atoms with Gasteiger partial charge in [-0.3, -0.25) is 9.69 Å². The number of carbonyl (C=O) groups excluding carboxylic acids is 1. The van der Waals surface area contributed by atoms with Crippen LogP contribution in [-0.2, 0) is 16.0 Å². The molecule has 1 fully saturated rings. The van der Waals surface area contributed by atoms with Gasteiger partial charge in [0.1, 0.15) is 17.3 Å². The van der Waals surface area contributed by atoms with Crippen LogP contribution in [0.3, 0.4) is 0 Å². The first-order valence-electron chi connectivity index (χ1n) is 13.1. The molecule has 2 atom stereocenters. The van der Waals surface area contributed by atoms with Gasteiger partial charge in [0.15, 0.2) is 6.23 Å². The van der Waals surface area contributed by atoms with E-state index >= 15 is 0 Å². The van der Waals surface area contributed by atoms with Crippen LogP contribution in [0.4, 0.5) is 21.8 Å². The van der Waals surface area contributed by atoms with Crippen LogP contribution >= 0.6 is 24.8 Å². The molecule has 0 amide bonds. The first kappa shape index (κ1) is 30.6. The molecule has 1 saturated heterocycles. The Balaban J connectivity index is 0.00000210. The minimum absolute atomic E-state index is 0. The van der Waals surface area contributed by atoms with E-state index in [4.69, 9.17) is 14.7 Å². The fourth-order valence-electron chi connectivity index (χ4n) is 5.43. The number of benzene rings is 2. The van der Waals surface area contributed by atoms with Crippen molar-refractivity contribution >= 4 is 48.2 Å². The number of hydrogen-bond donors (Lipinski definition) is 1. The Bertz CT molecular complexity index is 1270. The normalized spacial score (nSPS) is 17.7. The smallest absolute Gasteiger partial charge is 0.304 e. The predicted molar refractivity (Wildman–Crippen MR) is 157 cm³/mol. The van der Waals surface area contributed by atoms with Gasteiger partial charge in [-0.1, -0.05) is 30.7 Å². The van der Waals surface area contributed by atoms with Crippen molar-refractivity contribution in [2.75, 3.05) is 29.9 Å². The molecule has 0 spiro atoms. The topological polar surface area (TPSA) is 70.6 Å². The summed E-state index contributed by atoms with van der Waals surface area (Å²) in [7, 11) is 0. The summed E-state index contributed by atoms with van der Waals surface area (Å²) in [5, 5.41) is 3.25. The summed E-state index contributed by atoms with van der Waals surface area (Å²) in [6.45, 7) is 8.14. The van der Waals surface area contributed by atoms with Crippen molar-refractivity contribution in [3.8, 4) is 0 Å². The number of fused-ring (bicyclic) bond motifs is 1. The largest absolute Gasteiger partial charge is 0.440 e.